The molecule has 2 atom stereocenters. The van der Waals surface area contributed by atoms with Gasteiger partial charge in [-0.1, -0.05) is 6.07 Å². The molecule has 2 aromatic rings. The predicted octanol–water partition coefficient (Wildman–Crippen LogP) is 2.88. The molecule has 1 aromatic heterocycles. The molecule has 1 aliphatic heterocycles. The molecule has 7 heteroatoms. The van der Waals surface area contributed by atoms with Crippen LogP contribution in [0.25, 0.3) is 0 Å². The number of benzene rings is 1. The first-order valence-corrected chi connectivity index (χ1v) is 10.8. The second-order valence-electron chi connectivity index (χ2n) is 7.19. The van der Waals surface area contributed by atoms with Crippen molar-refractivity contribution in [2.24, 2.45) is 0 Å². The van der Waals surface area contributed by atoms with E-state index in [1.807, 2.05) is 32.0 Å². The van der Waals surface area contributed by atoms with Crippen LogP contribution >= 0.6 is 0 Å². The van der Waals surface area contributed by atoms with Crippen LogP contribution in [0.5, 0.6) is 5.75 Å². The maximum absolute atomic E-state index is 13.1. The van der Waals surface area contributed by atoms with Gasteiger partial charge < -0.3 is 14.1 Å². The summed E-state index contributed by atoms with van der Waals surface area (Å²) in [5.74, 6) is 1.09. The van der Waals surface area contributed by atoms with Crippen molar-refractivity contribution in [1.82, 2.24) is 4.90 Å². The lowest BCUT2D eigenvalue weighted by Crippen LogP contribution is -2.46. The molecular weight excluding hydrogens is 366 g/mol. The van der Waals surface area contributed by atoms with Crippen LogP contribution in [0.15, 0.2) is 41.0 Å². The van der Waals surface area contributed by atoms with Crippen LogP contribution in [-0.2, 0) is 21.2 Å². The number of hydrogen-bond acceptors (Lipinski definition) is 5. The molecule has 146 valence electrons. The van der Waals surface area contributed by atoms with Crippen molar-refractivity contribution in [2.75, 3.05) is 11.5 Å². The number of carbonyl (C=O) groups excluding carboxylic acids is 1. The van der Waals surface area contributed by atoms with E-state index in [9.17, 15) is 13.2 Å². The zero-order valence-corrected chi connectivity index (χ0v) is 16.7. The largest absolute Gasteiger partial charge is 0.481 e. The number of nitrogens with zero attached hydrogens (tertiary/aromatic N) is 1. The summed E-state index contributed by atoms with van der Waals surface area (Å²) < 4.78 is 35.1. The molecule has 0 spiro atoms. The minimum atomic E-state index is -3.11. The van der Waals surface area contributed by atoms with Gasteiger partial charge in [-0.2, -0.15) is 0 Å². The van der Waals surface area contributed by atoms with E-state index < -0.39 is 15.9 Å². The van der Waals surface area contributed by atoms with Gasteiger partial charge in [0, 0.05) is 6.04 Å². The first-order chi connectivity index (χ1) is 12.7. The standard InChI is InChI=1S/C20H25NO5S/c1-14-9-15(2)11-19(10-14)26-16(3)20(22)21(12-18-5-4-7-25-18)17-6-8-27(23,24)13-17/h4-5,7,9-11,16-17H,6,8,12-13H2,1-3H3/t16-,17-/m1/s1. The predicted molar refractivity (Wildman–Crippen MR) is 102 cm³/mol. The normalized spacial score (nSPS) is 19.6. The number of carbonyl (C=O) groups is 1. The minimum Gasteiger partial charge on any atom is -0.481 e. The quantitative estimate of drug-likeness (QED) is 0.757. The van der Waals surface area contributed by atoms with E-state index in [0.29, 0.717) is 17.9 Å². The Bertz CT molecular complexity index is 884. The molecule has 1 saturated heterocycles. The molecule has 0 unspecified atom stereocenters. The second kappa shape index (κ2) is 7.76. The molecule has 1 aromatic carbocycles. The highest BCUT2D eigenvalue weighted by molar-refractivity contribution is 7.91. The lowest BCUT2D eigenvalue weighted by Gasteiger charge is -2.30. The van der Waals surface area contributed by atoms with Gasteiger partial charge >= 0.3 is 0 Å². The average molecular weight is 391 g/mol. The third-order valence-electron chi connectivity index (χ3n) is 4.69. The Morgan fingerprint density at radius 1 is 1.30 bits per heavy atom. The van der Waals surface area contributed by atoms with Gasteiger partial charge in [0.05, 0.1) is 24.3 Å². The van der Waals surface area contributed by atoms with Crippen molar-refractivity contribution in [2.45, 2.75) is 45.9 Å². The van der Waals surface area contributed by atoms with E-state index in [-0.39, 0.29) is 30.0 Å². The van der Waals surface area contributed by atoms with E-state index >= 15 is 0 Å². The molecule has 27 heavy (non-hydrogen) atoms. The van der Waals surface area contributed by atoms with E-state index in [0.717, 1.165) is 11.1 Å². The third kappa shape index (κ3) is 4.91. The first kappa shape index (κ1) is 19.5. The van der Waals surface area contributed by atoms with Gasteiger partial charge in [-0.25, -0.2) is 8.42 Å². The van der Waals surface area contributed by atoms with Crippen LogP contribution in [0, 0.1) is 13.8 Å². The van der Waals surface area contributed by atoms with Gasteiger partial charge in [0.1, 0.15) is 11.5 Å². The van der Waals surface area contributed by atoms with Crippen LogP contribution in [0.3, 0.4) is 0 Å². The molecule has 3 rings (SSSR count). The molecule has 0 radical (unpaired) electrons. The molecule has 0 saturated carbocycles. The summed E-state index contributed by atoms with van der Waals surface area (Å²) in [4.78, 5) is 14.7. The van der Waals surface area contributed by atoms with Crippen LogP contribution in [0.1, 0.15) is 30.2 Å². The van der Waals surface area contributed by atoms with Gasteiger partial charge in [0.25, 0.3) is 5.91 Å². The van der Waals surface area contributed by atoms with Crippen molar-refractivity contribution in [3.8, 4) is 5.75 Å². The van der Waals surface area contributed by atoms with Crippen molar-refractivity contribution >= 4 is 15.7 Å². The third-order valence-corrected chi connectivity index (χ3v) is 6.44. The van der Waals surface area contributed by atoms with Gasteiger partial charge in [0.2, 0.25) is 0 Å². The second-order valence-corrected chi connectivity index (χ2v) is 9.41. The molecular formula is C20H25NO5S. The van der Waals surface area contributed by atoms with Crippen LogP contribution in [0.4, 0.5) is 0 Å². The summed E-state index contributed by atoms with van der Waals surface area (Å²) in [7, 11) is -3.11. The first-order valence-electron chi connectivity index (χ1n) is 9.02. The van der Waals surface area contributed by atoms with Gasteiger partial charge in [-0.15, -0.1) is 0 Å². The summed E-state index contributed by atoms with van der Waals surface area (Å²) in [5.41, 5.74) is 2.11. The van der Waals surface area contributed by atoms with E-state index in [4.69, 9.17) is 9.15 Å². The Balaban J connectivity index is 1.78. The van der Waals surface area contributed by atoms with Gasteiger partial charge in [-0.05, 0) is 62.6 Å². The summed E-state index contributed by atoms with van der Waals surface area (Å²) in [6.07, 6.45) is 1.24. The Kier molecular flexibility index (Phi) is 5.60. The number of furan rings is 1. The topological polar surface area (TPSA) is 76.8 Å². The average Bonchev–Trinajstić information content (AvgIpc) is 3.20. The van der Waals surface area contributed by atoms with Crippen LogP contribution in [0.2, 0.25) is 0 Å². The highest BCUT2D eigenvalue weighted by Gasteiger charge is 2.37. The maximum atomic E-state index is 13.1. The maximum Gasteiger partial charge on any atom is 0.264 e. The van der Waals surface area contributed by atoms with E-state index in [1.54, 1.807) is 30.2 Å². The fourth-order valence-electron chi connectivity index (χ4n) is 3.47. The molecule has 0 aliphatic carbocycles. The molecule has 2 heterocycles. The molecule has 1 aliphatic rings. The Hall–Kier alpha value is -2.28. The minimum absolute atomic E-state index is 0.0181. The summed E-state index contributed by atoms with van der Waals surface area (Å²) in [6.45, 7) is 5.86. The summed E-state index contributed by atoms with van der Waals surface area (Å²) >= 11 is 0. The van der Waals surface area contributed by atoms with Crippen molar-refractivity contribution < 1.29 is 22.4 Å². The summed E-state index contributed by atoms with van der Waals surface area (Å²) in [5, 5.41) is 0. The van der Waals surface area contributed by atoms with Gasteiger partial charge in [-0.3, -0.25) is 4.79 Å². The number of hydrogen-bond donors (Lipinski definition) is 0. The number of aryl methyl sites for hydroxylation is 2. The zero-order valence-electron chi connectivity index (χ0n) is 15.8. The van der Waals surface area contributed by atoms with Gasteiger partial charge in [0.15, 0.2) is 15.9 Å². The zero-order chi connectivity index (χ0) is 19.6. The Morgan fingerprint density at radius 2 is 2.00 bits per heavy atom. The SMILES string of the molecule is Cc1cc(C)cc(O[C@H](C)C(=O)N(Cc2ccco2)[C@@H]2CCS(=O)(=O)C2)c1. The molecule has 1 fully saturated rings. The van der Waals surface area contributed by atoms with Crippen molar-refractivity contribution in [3.05, 3.63) is 53.5 Å². The number of ether oxygens (including phenoxy) is 1. The van der Waals surface area contributed by atoms with Crippen molar-refractivity contribution in [1.29, 1.82) is 0 Å². The smallest absolute Gasteiger partial charge is 0.264 e. The van der Waals surface area contributed by atoms with E-state index in [1.165, 1.54) is 0 Å². The fourth-order valence-corrected chi connectivity index (χ4v) is 5.20. The van der Waals surface area contributed by atoms with Crippen LogP contribution < -0.4 is 4.74 Å². The number of rotatable bonds is 6. The number of sulfone groups is 1. The highest BCUT2D eigenvalue weighted by Crippen LogP contribution is 2.23. The Labute approximate surface area is 160 Å². The van der Waals surface area contributed by atoms with E-state index in [2.05, 4.69) is 0 Å². The van der Waals surface area contributed by atoms with Crippen molar-refractivity contribution in [3.63, 3.8) is 0 Å². The molecule has 6 nitrogen and oxygen atoms in total. The Morgan fingerprint density at radius 3 is 2.56 bits per heavy atom. The fraction of sp³-hybridized carbons (Fsp3) is 0.450. The highest BCUT2D eigenvalue weighted by atomic mass is 32.2. The molecule has 0 bridgehead atoms. The molecule has 1 amide bonds. The number of amides is 1. The molecule has 0 N–H and O–H groups in total. The monoisotopic (exact) mass is 391 g/mol. The lowest BCUT2D eigenvalue weighted by atomic mass is 10.1. The summed E-state index contributed by atoms with van der Waals surface area (Å²) in [6, 6.07) is 8.96. The van der Waals surface area contributed by atoms with Crippen LogP contribution in [-0.4, -0.2) is 42.9 Å². The lowest BCUT2D eigenvalue weighted by molar-refractivity contribution is -0.140.